The summed E-state index contributed by atoms with van der Waals surface area (Å²) in [4.78, 5) is 24.4. The van der Waals surface area contributed by atoms with E-state index < -0.39 is 5.54 Å². The van der Waals surface area contributed by atoms with E-state index in [2.05, 4.69) is 17.3 Å². The maximum atomic E-state index is 12.5. The van der Waals surface area contributed by atoms with E-state index in [1.807, 2.05) is 20.8 Å². The summed E-state index contributed by atoms with van der Waals surface area (Å²) < 4.78 is 0. The third-order valence-electron chi connectivity index (χ3n) is 2.63. The molecule has 4 nitrogen and oxygen atoms in total. The van der Waals surface area contributed by atoms with E-state index in [4.69, 9.17) is 11.6 Å². The molecule has 0 radical (unpaired) electrons. The second-order valence-corrected chi connectivity index (χ2v) is 5.89. The molecule has 0 unspecified atom stereocenters. The zero-order chi connectivity index (χ0) is 16.0. The predicted molar refractivity (Wildman–Crippen MR) is 83.6 cm³/mol. The molecule has 0 saturated heterocycles. The van der Waals surface area contributed by atoms with E-state index >= 15 is 0 Å². The van der Waals surface area contributed by atoms with Crippen molar-refractivity contribution in [1.82, 2.24) is 10.4 Å². The number of hydrogen-bond donors (Lipinski definition) is 1. The molecule has 0 spiro atoms. The lowest BCUT2D eigenvalue weighted by Crippen LogP contribution is -2.55. The molecule has 0 aromatic heterocycles. The molecule has 1 aromatic rings. The van der Waals surface area contributed by atoms with Crippen LogP contribution in [0.3, 0.4) is 0 Å². The Balaban J connectivity index is 2.96. The van der Waals surface area contributed by atoms with Crippen LogP contribution in [0.1, 0.15) is 44.5 Å². The second-order valence-electron chi connectivity index (χ2n) is 5.46. The van der Waals surface area contributed by atoms with Gasteiger partial charge in [-0.2, -0.15) is 0 Å². The van der Waals surface area contributed by atoms with Gasteiger partial charge < -0.3 is 0 Å². The van der Waals surface area contributed by atoms with Crippen molar-refractivity contribution in [3.63, 3.8) is 0 Å². The van der Waals surface area contributed by atoms with Gasteiger partial charge in [-0.3, -0.25) is 15.0 Å². The van der Waals surface area contributed by atoms with Crippen molar-refractivity contribution in [2.75, 3.05) is 0 Å². The summed E-state index contributed by atoms with van der Waals surface area (Å²) in [5.41, 5.74) is 2.51. The summed E-state index contributed by atoms with van der Waals surface area (Å²) >= 11 is 5.82. The number of benzene rings is 1. The first-order valence-electron chi connectivity index (χ1n) is 6.55. The SMILES string of the molecule is CC#CCC(=O)NN(C(=O)c1ccc(Cl)cc1)C(C)(C)C. The standard InChI is InChI=1S/C16H19ClN2O2/c1-5-6-7-14(20)18-19(16(2,3)4)15(21)12-8-10-13(17)11-9-12/h8-11H,7H2,1-4H3,(H,18,20). The van der Waals surface area contributed by atoms with Crippen LogP contribution >= 0.6 is 11.6 Å². The zero-order valence-electron chi connectivity index (χ0n) is 12.7. The number of nitrogens with zero attached hydrogens (tertiary/aromatic N) is 1. The molecule has 0 aliphatic carbocycles. The summed E-state index contributed by atoms with van der Waals surface area (Å²) in [6.45, 7) is 7.18. The molecule has 5 heteroatoms. The van der Waals surface area contributed by atoms with Crippen molar-refractivity contribution in [3.8, 4) is 11.8 Å². The molecular weight excluding hydrogens is 288 g/mol. The smallest absolute Gasteiger partial charge is 0.272 e. The third-order valence-corrected chi connectivity index (χ3v) is 2.88. The molecule has 0 bridgehead atoms. The highest BCUT2D eigenvalue weighted by Crippen LogP contribution is 2.17. The Hall–Kier alpha value is -1.99. The van der Waals surface area contributed by atoms with Crippen LogP contribution < -0.4 is 5.43 Å². The zero-order valence-corrected chi connectivity index (χ0v) is 13.4. The summed E-state index contributed by atoms with van der Waals surface area (Å²) in [6, 6.07) is 6.53. The number of hydrazine groups is 1. The molecule has 0 fully saturated rings. The molecule has 0 heterocycles. The largest absolute Gasteiger partial charge is 0.272 e. The number of rotatable bonds is 2. The Morgan fingerprint density at radius 3 is 2.29 bits per heavy atom. The summed E-state index contributed by atoms with van der Waals surface area (Å²) in [5, 5.41) is 1.87. The molecule has 1 rings (SSSR count). The highest BCUT2D eigenvalue weighted by Gasteiger charge is 2.29. The molecular formula is C16H19ClN2O2. The number of nitrogens with one attached hydrogen (secondary N) is 1. The van der Waals surface area contributed by atoms with E-state index in [1.54, 1.807) is 31.2 Å². The number of carbonyl (C=O) groups is 2. The lowest BCUT2D eigenvalue weighted by atomic mass is 10.1. The lowest BCUT2D eigenvalue weighted by molar-refractivity contribution is -0.125. The van der Waals surface area contributed by atoms with Crippen molar-refractivity contribution in [1.29, 1.82) is 0 Å². The lowest BCUT2D eigenvalue weighted by Gasteiger charge is -2.35. The van der Waals surface area contributed by atoms with Gasteiger partial charge >= 0.3 is 0 Å². The first kappa shape index (κ1) is 17.1. The monoisotopic (exact) mass is 306 g/mol. The van der Waals surface area contributed by atoms with Gasteiger partial charge in [-0.05, 0) is 52.0 Å². The van der Waals surface area contributed by atoms with Crippen LogP contribution in [0.5, 0.6) is 0 Å². The molecule has 1 N–H and O–H groups in total. The Bertz CT molecular complexity index is 577. The second kappa shape index (κ2) is 7.14. The normalized spacial score (nSPS) is 10.3. The quantitative estimate of drug-likeness (QED) is 0.674. The van der Waals surface area contributed by atoms with Crippen molar-refractivity contribution < 1.29 is 9.59 Å². The minimum Gasteiger partial charge on any atom is -0.272 e. The van der Waals surface area contributed by atoms with Crippen LogP contribution in [0, 0.1) is 11.8 Å². The van der Waals surface area contributed by atoms with E-state index in [9.17, 15) is 9.59 Å². The number of amides is 2. The van der Waals surface area contributed by atoms with Crippen LogP contribution in [0.4, 0.5) is 0 Å². The van der Waals surface area contributed by atoms with Crippen LogP contribution in [0.25, 0.3) is 0 Å². The van der Waals surface area contributed by atoms with Crippen LogP contribution in [0.2, 0.25) is 5.02 Å². The summed E-state index contributed by atoms with van der Waals surface area (Å²) in [6.07, 6.45) is 0.0526. The highest BCUT2D eigenvalue weighted by molar-refractivity contribution is 6.30. The van der Waals surface area contributed by atoms with Gasteiger partial charge in [0.2, 0.25) is 0 Å². The van der Waals surface area contributed by atoms with Gasteiger partial charge in [0.1, 0.15) is 0 Å². The van der Waals surface area contributed by atoms with Gasteiger partial charge in [0.05, 0.1) is 12.0 Å². The third kappa shape index (κ3) is 5.13. The van der Waals surface area contributed by atoms with E-state index in [1.165, 1.54) is 5.01 Å². The highest BCUT2D eigenvalue weighted by atomic mass is 35.5. The van der Waals surface area contributed by atoms with Gasteiger partial charge in [0.15, 0.2) is 0 Å². The van der Waals surface area contributed by atoms with Gasteiger partial charge in [0, 0.05) is 10.6 Å². The maximum Gasteiger partial charge on any atom is 0.272 e. The van der Waals surface area contributed by atoms with Gasteiger partial charge in [0.25, 0.3) is 11.8 Å². The molecule has 2 amide bonds. The maximum absolute atomic E-state index is 12.5. The number of carbonyl (C=O) groups excluding carboxylic acids is 2. The first-order valence-corrected chi connectivity index (χ1v) is 6.92. The Kier molecular flexibility index (Phi) is 5.80. The van der Waals surface area contributed by atoms with Crippen LogP contribution in [-0.4, -0.2) is 22.4 Å². The minimum atomic E-state index is -0.563. The molecule has 0 aliphatic heterocycles. The Morgan fingerprint density at radius 2 is 1.81 bits per heavy atom. The predicted octanol–water partition coefficient (Wildman–Crippen LogP) is 3.03. The average Bonchev–Trinajstić information content (AvgIpc) is 2.41. The molecule has 0 aliphatic rings. The Morgan fingerprint density at radius 1 is 1.24 bits per heavy atom. The van der Waals surface area contributed by atoms with Crippen LogP contribution in [-0.2, 0) is 4.79 Å². The number of halogens is 1. The molecule has 0 atom stereocenters. The first-order chi connectivity index (χ1) is 9.75. The fourth-order valence-electron chi connectivity index (χ4n) is 1.58. The molecule has 1 aromatic carbocycles. The fraction of sp³-hybridized carbons (Fsp3) is 0.375. The fourth-order valence-corrected chi connectivity index (χ4v) is 1.70. The van der Waals surface area contributed by atoms with Crippen molar-refractivity contribution in [2.24, 2.45) is 0 Å². The van der Waals surface area contributed by atoms with Gasteiger partial charge in [-0.1, -0.05) is 17.5 Å². The van der Waals surface area contributed by atoms with Crippen molar-refractivity contribution in [2.45, 2.75) is 39.7 Å². The topological polar surface area (TPSA) is 49.4 Å². The van der Waals surface area contributed by atoms with Gasteiger partial charge in [-0.15, -0.1) is 5.92 Å². The van der Waals surface area contributed by atoms with Crippen molar-refractivity contribution >= 4 is 23.4 Å². The minimum absolute atomic E-state index is 0.0526. The van der Waals surface area contributed by atoms with Crippen LogP contribution in [0.15, 0.2) is 24.3 Å². The number of hydrogen-bond acceptors (Lipinski definition) is 2. The molecule has 21 heavy (non-hydrogen) atoms. The summed E-state index contributed by atoms with van der Waals surface area (Å²) in [5.74, 6) is 4.71. The Labute approximate surface area is 130 Å². The van der Waals surface area contributed by atoms with E-state index in [0.29, 0.717) is 10.6 Å². The average molecular weight is 307 g/mol. The summed E-state index contributed by atoms with van der Waals surface area (Å²) in [7, 11) is 0. The van der Waals surface area contributed by atoms with Gasteiger partial charge in [-0.25, -0.2) is 5.01 Å². The molecule has 112 valence electrons. The van der Waals surface area contributed by atoms with E-state index in [-0.39, 0.29) is 18.2 Å². The van der Waals surface area contributed by atoms with Crippen molar-refractivity contribution in [3.05, 3.63) is 34.9 Å². The molecule has 0 saturated carbocycles. The van der Waals surface area contributed by atoms with E-state index in [0.717, 1.165) is 0 Å².